The minimum atomic E-state index is 0.756. The van der Waals surface area contributed by atoms with E-state index in [1.807, 2.05) is 0 Å². The zero-order chi connectivity index (χ0) is 14.8. The number of fused-ring (bicyclic) bond motifs is 1. The van der Waals surface area contributed by atoms with E-state index >= 15 is 0 Å². The molecular formula is C19H28N2O. The zero-order valence-electron chi connectivity index (χ0n) is 13.5. The van der Waals surface area contributed by atoms with Crippen LogP contribution in [0.25, 0.3) is 0 Å². The van der Waals surface area contributed by atoms with Crippen LogP contribution in [0.3, 0.4) is 0 Å². The smallest absolute Gasteiger partial charge is 0.122 e. The first-order chi connectivity index (χ1) is 10.9. The second kappa shape index (κ2) is 6.59. The Morgan fingerprint density at radius 1 is 1.05 bits per heavy atom. The molecule has 0 unspecified atom stereocenters. The van der Waals surface area contributed by atoms with Crippen molar-refractivity contribution in [3.05, 3.63) is 29.8 Å². The molecule has 3 heterocycles. The molecule has 0 aliphatic carbocycles. The quantitative estimate of drug-likeness (QED) is 0.854. The molecule has 1 atom stereocenters. The van der Waals surface area contributed by atoms with Gasteiger partial charge in [-0.05, 0) is 56.3 Å². The zero-order valence-corrected chi connectivity index (χ0v) is 13.5. The highest BCUT2D eigenvalue weighted by Crippen LogP contribution is 2.28. The fourth-order valence-corrected chi connectivity index (χ4v) is 4.29. The maximum Gasteiger partial charge on any atom is 0.122 e. The van der Waals surface area contributed by atoms with Crippen LogP contribution in [-0.4, -0.2) is 55.2 Å². The Balaban J connectivity index is 1.28. The Morgan fingerprint density at radius 3 is 2.73 bits per heavy atom. The third-order valence-corrected chi connectivity index (χ3v) is 5.63. The largest absolute Gasteiger partial charge is 0.493 e. The Morgan fingerprint density at radius 2 is 1.86 bits per heavy atom. The predicted octanol–water partition coefficient (Wildman–Crippen LogP) is 2.80. The molecular weight excluding hydrogens is 272 g/mol. The number of hydrogen-bond donors (Lipinski definition) is 0. The van der Waals surface area contributed by atoms with Gasteiger partial charge in [-0.2, -0.15) is 0 Å². The van der Waals surface area contributed by atoms with E-state index in [0.29, 0.717) is 0 Å². The number of nitrogens with zero attached hydrogens (tertiary/aromatic N) is 2. The van der Waals surface area contributed by atoms with E-state index in [1.54, 1.807) is 0 Å². The van der Waals surface area contributed by atoms with Crippen LogP contribution in [0.1, 0.15) is 31.2 Å². The van der Waals surface area contributed by atoms with E-state index in [2.05, 4.69) is 34.1 Å². The first-order valence-corrected chi connectivity index (χ1v) is 9.05. The van der Waals surface area contributed by atoms with E-state index in [1.165, 1.54) is 70.4 Å². The molecule has 0 spiro atoms. The summed E-state index contributed by atoms with van der Waals surface area (Å²) in [7, 11) is 0. The molecule has 0 aromatic heterocycles. The number of piperidine rings is 1. The Kier molecular flexibility index (Phi) is 4.35. The van der Waals surface area contributed by atoms with Gasteiger partial charge in [0, 0.05) is 25.7 Å². The molecule has 0 N–H and O–H groups in total. The fourth-order valence-electron chi connectivity index (χ4n) is 4.29. The summed E-state index contributed by atoms with van der Waals surface area (Å²) in [6.45, 7) is 7.39. The summed E-state index contributed by atoms with van der Waals surface area (Å²) in [4.78, 5) is 5.39. The normalized spacial score (nSPS) is 27.5. The van der Waals surface area contributed by atoms with Crippen molar-refractivity contribution < 1.29 is 4.74 Å². The van der Waals surface area contributed by atoms with E-state index < -0.39 is 0 Å². The first kappa shape index (κ1) is 14.5. The van der Waals surface area contributed by atoms with Crippen molar-refractivity contribution in [3.63, 3.8) is 0 Å². The maximum atomic E-state index is 5.90. The van der Waals surface area contributed by atoms with Gasteiger partial charge in [-0.3, -0.25) is 9.80 Å². The van der Waals surface area contributed by atoms with Crippen molar-refractivity contribution in [2.45, 2.75) is 38.1 Å². The molecule has 22 heavy (non-hydrogen) atoms. The lowest BCUT2D eigenvalue weighted by molar-refractivity contribution is 0.0133. The van der Waals surface area contributed by atoms with Gasteiger partial charge >= 0.3 is 0 Å². The second-order valence-electron chi connectivity index (χ2n) is 7.28. The molecule has 3 aliphatic heterocycles. The first-order valence-electron chi connectivity index (χ1n) is 9.05. The van der Waals surface area contributed by atoms with Crippen LogP contribution >= 0.6 is 0 Å². The average molecular weight is 300 g/mol. The highest BCUT2D eigenvalue weighted by Gasteiger charge is 2.33. The van der Waals surface area contributed by atoms with Crippen LogP contribution in [0.5, 0.6) is 5.75 Å². The SMILES string of the molecule is c1ccc2c(c1)C[C@@H](CN1CC(N3CCCCC3)C1)CCO2. The number of likely N-dealkylation sites (tertiary alicyclic amines) is 2. The molecule has 1 aromatic rings. The Labute approximate surface area is 134 Å². The monoisotopic (exact) mass is 300 g/mol. The van der Waals surface area contributed by atoms with Gasteiger partial charge in [-0.1, -0.05) is 24.6 Å². The van der Waals surface area contributed by atoms with Crippen molar-refractivity contribution in [2.24, 2.45) is 5.92 Å². The fraction of sp³-hybridized carbons (Fsp3) is 0.684. The molecule has 3 aliphatic rings. The molecule has 0 radical (unpaired) electrons. The van der Waals surface area contributed by atoms with Crippen molar-refractivity contribution in [3.8, 4) is 5.75 Å². The van der Waals surface area contributed by atoms with Crippen LogP contribution in [0, 0.1) is 5.92 Å². The van der Waals surface area contributed by atoms with Crippen molar-refractivity contribution >= 4 is 0 Å². The highest BCUT2D eigenvalue weighted by molar-refractivity contribution is 5.34. The third kappa shape index (κ3) is 3.16. The lowest BCUT2D eigenvalue weighted by atomic mass is 9.94. The van der Waals surface area contributed by atoms with Crippen LogP contribution in [-0.2, 0) is 6.42 Å². The van der Waals surface area contributed by atoms with Crippen LogP contribution in [0.15, 0.2) is 24.3 Å². The molecule has 3 nitrogen and oxygen atoms in total. The van der Waals surface area contributed by atoms with Gasteiger partial charge in [0.05, 0.1) is 6.61 Å². The standard InChI is InChI=1S/C19H28N2O/c1-4-9-21(10-5-1)18-14-20(15-18)13-16-8-11-22-19-7-3-2-6-17(19)12-16/h2-3,6-7,16,18H,1,4-5,8-15H2/t16-/m0/s1. The molecule has 0 saturated carbocycles. The van der Waals surface area contributed by atoms with E-state index in [4.69, 9.17) is 4.74 Å². The summed E-state index contributed by atoms with van der Waals surface area (Å²) >= 11 is 0. The van der Waals surface area contributed by atoms with Crippen LogP contribution in [0.4, 0.5) is 0 Å². The molecule has 3 heteroatoms. The topological polar surface area (TPSA) is 15.7 Å². The Bertz CT molecular complexity index is 492. The van der Waals surface area contributed by atoms with Gasteiger partial charge < -0.3 is 4.74 Å². The molecule has 1 aromatic carbocycles. The minimum absolute atomic E-state index is 0.756. The molecule has 0 bridgehead atoms. The van der Waals surface area contributed by atoms with E-state index in [9.17, 15) is 0 Å². The van der Waals surface area contributed by atoms with Crippen molar-refractivity contribution in [1.82, 2.24) is 9.80 Å². The van der Waals surface area contributed by atoms with Gasteiger partial charge in [-0.25, -0.2) is 0 Å². The van der Waals surface area contributed by atoms with Gasteiger partial charge in [0.15, 0.2) is 0 Å². The summed E-state index contributed by atoms with van der Waals surface area (Å²) in [6, 6.07) is 9.42. The lowest BCUT2D eigenvalue weighted by Crippen LogP contribution is -2.61. The number of benzene rings is 1. The summed E-state index contributed by atoms with van der Waals surface area (Å²) in [5.41, 5.74) is 1.40. The average Bonchev–Trinajstić information content (AvgIpc) is 2.73. The molecule has 120 valence electrons. The maximum absolute atomic E-state index is 5.90. The second-order valence-corrected chi connectivity index (χ2v) is 7.28. The number of para-hydroxylation sites is 1. The van der Waals surface area contributed by atoms with Crippen LogP contribution in [0.2, 0.25) is 0 Å². The number of ether oxygens (including phenoxy) is 1. The van der Waals surface area contributed by atoms with Crippen LogP contribution < -0.4 is 4.74 Å². The Hall–Kier alpha value is -1.06. The highest BCUT2D eigenvalue weighted by atomic mass is 16.5. The van der Waals surface area contributed by atoms with E-state index in [-0.39, 0.29) is 0 Å². The van der Waals surface area contributed by atoms with E-state index in [0.717, 1.165) is 24.3 Å². The summed E-state index contributed by atoms with van der Waals surface area (Å²) < 4.78 is 5.90. The molecule has 0 amide bonds. The van der Waals surface area contributed by atoms with Gasteiger partial charge in [0.1, 0.15) is 5.75 Å². The lowest BCUT2D eigenvalue weighted by Gasteiger charge is -2.47. The van der Waals surface area contributed by atoms with Gasteiger partial charge in [-0.15, -0.1) is 0 Å². The summed E-state index contributed by atoms with van der Waals surface area (Å²) in [6.07, 6.45) is 6.63. The van der Waals surface area contributed by atoms with Crippen molar-refractivity contribution in [1.29, 1.82) is 0 Å². The molecule has 2 saturated heterocycles. The number of hydrogen-bond acceptors (Lipinski definition) is 3. The van der Waals surface area contributed by atoms with Gasteiger partial charge in [0.2, 0.25) is 0 Å². The molecule has 4 rings (SSSR count). The summed E-state index contributed by atoms with van der Waals surface area (Å²) in [5.74, 6) is 1.87. The minimum Gasteiger partial charge on any atom is -0.493 e. The third-order valence-electron chi connectivity index (χ3n) is 5.63. The molecule has 2 fully saturated rings. The van der Waals surface area contributed by atoms with Gasteiger partial charge in [0.25, 0.3) is 0 Å². The predicted molar refractivity (Wildman–Crippen MR) is 89.4 cm³/mol. The summed E-state index contributed by atoms with van der Waals surface area (Å²) in [5, 5.41) is 0. The van der Waals surface area contributed by atoms with Crippen molar-refractivity contribution in [2.75, 3.05) is 39.3 Å². The number of rotatable bonds is 3.